The highest BCUT2D eigenvalue weighted by atomic mass is 35.5. The van der Waals surface area contributed by atoms with E-state index in [0.29, 0.717) is 17.3 Å². The van der Waals surface area contributed by atoms with Crippen LogP contribution < -0.4 is 4.90 Å². The Balaban J connectivity index is 0.00000136. The molecule has 1 fully saturated rings. The first-order chi connectivity index (χ1) is 14.2. The van der Waals surface area contributed by atoms with E-state index in [1.54, 1.807) is 12.4 Å². The lowest BCUT2D eigenvalue weighted by Gasteiger charge is -2.34. The van der Waals surface area contributed by atoms with E-state index in [4.69, 9.17) is 0 Å². The monoisotopic (exact) mass is 458 g/mol. The maximum absolute atomic E-state index is 10.3. The number of aromatic nitrogens is 3. The second-order valence-electron chi connectivity index (χ2n) is 7.39. The SMILES string of the molecule is CN1CCN(c2ccc(-c3nc(O)c(/C=C4\C=Nc5ncccc54)[nH]3)cc2)CC1.Cl.Cl. The van der Waals surface area contributed by atoms with E-state index < -0.39 is 0 Å². The molecule has 0 atom stereocenters. The first-order valence-electron chi connectivity index (χ1n) is 9.71. The molecule has 0 unspecified atom stereocenters. The highest BCUT2D eigenvalue weighted by molar-refractivity contribution is 6.20. The lowest BCUT2D eigenvalue weighted by molar-refractivity contribution is 0.313. The van der Waals surface area contributed by atoms with Gasteiger partial charge < -0.3 is 19.9 Å². The van der Waals surface area contributed by atoms with Crippen molar-refractivity contribution in [1.82, 2.24) is 19.9 Å². The topological polar surface area (TPSA) is 80.6 Å². The standard InChI is InChI=1S/C22H22N6O.2ClH/c1-27-9-11-28(12-10-27)17-6-4-15(5-7-17)20-25-19(22(29)26-20)13-16-14-24-21-18(16)3-2-8-23-21;;/h2-8,13-14,29H,9-12H2,1H3,(H,25,26);2*1H/b16-13+;;. The highest BCUT2D eigenvalue weighted by Gasteiger charge is 2.17. The van der Waals surface area contributed by atoms with Crippen LogP contribution in [0.3, 0.4) is 0 Å². The second-order valence-corrected chi connectivity index (χ2v) is 7.39. The van der Waals surface area contributed by atoms with Crippen molar-refractivity contribution in [2.75, 3.05) is 38.1 Å². The van der Waals surface area contributed by atoms with Crippen LogP contribution in [0.1, 0.15) is 11.3 Å². The van der Waals surface area contributed by atoms with Gasteiger partial charge in [0.15, 0.2) is 5.82 Å². The van der Waals surface area contributed by atoms with Crippen molar-refractivity contribution < 1.29 is 5.11 Å². The fourth-order valence-electron chi connectivity index (χ4n) is 3.71. The van der Waals surface area contributed by atoms with E-state index in [1.807, 2.05) is 30.3 Å². The fourth-order valence-corrected chi connectivity index (χ4v) is 3.71. The molecule has 162 valence electrons. The summed E-state index contributed by atoms with van der Waals surface area (Å²) >= 11 is 0. The third-order valence-electron chi connectivity index (χ3n) is 5.44. The number of anilines is 1. The Labute approximate surface area is 193 Å². The number of allylic oxidation sites excluding steroid dienone is 1. The number of likely N-dealkylation sites (N-methyl/N-ethyl adjacent to an activating group) is 1. The normalized spacial score (nSPS) is 16.7. The third kappa shape index (κ3) is 4.58. The molecular weight excluding hydrogens is 435 g/mol. The van der Waals surface area contributed by atoms with Gasteiger partial charge in [0.05, 0.1) is 0 Å². The van der Waals surface area contributed by atoms with Gasteiger partial charge in [-0.25, -0.2) is 9.98 Å². The molecule has 9 heteroatoms. The van der Waals surface area contributed by atoms with Crippen LogP contribution >= 0.6 is 24.8 Å². The van der Waals surface area contributed by atoms with Crippen LogP contribution in [0.15, 0.2) is 47.6 Å². The number of pyridine rings is 1. The molecule has 3 aromatic rings. The van der Waals surface area contributed by atoms with Crippen molar-refractivity contribution in [3.8, 4) is 17.3 Å². The van der Waals surface area contributed by atoms with Crippen molar-refractivity contribution in [3.63, 3.8) is 0 Å². The summed E-state index contributed by atoms with van der Waals surface area (Å²) in [6.45, 7) is 4.22. The number of nitrogens with zero attached hydrogens (tertiary/aromatic N) is 5. The molecule has 0 saturated carbocycles. The predicted molar refractivity (Wildman–Crippen MR) is 130 cm³/mol. The van der Waals surface area contributed by atoms with Gasteiger partial charge in [-0.2, -0.15) is 4.98 Å². The highest BCUT2D eigenvalue weighted by Crippen LogP contribution is 2.32. The molecule has 2 N–H and O–H groups in total. The molecule has 1 aromatic carbocycles. The lowest BCUT2D eigenvalue weighted by atomic mass is 10.1. The van der Waals surface area contributed by atoms with E-state index >= 15 is 0 Å². The molecule has 0 spiro atoms. The molecule has 7 nitrogen and oxygen atoms in total. The molecule has 2 aliphatic rings. The zero-order chi connectivity index (χ0) is 19.8. The molecule has 2 aromatic heterocycles. The Bertz CT molecular complexity index is 1100. The summed E-state index contributed by atoms with van der Waals surface area (Å²) in [5.74, 6) is 1.31. The smallest absolute Gasteiger partial charge is 0.237 e. The van der Waals surface area contributed by atoms with Crippen molar-refractivity contribution in [1.29, 1.82) is 0 Å². The largest absolute Gasteiger partial charge is 0.492 e. The number of nitrogens with one attached hydrogen (secondary N) is 1. The van der Waals surface area contributed by atoms with Crippen LogP contribution in [0, 0.1) is 0 Å². The minimum Gasteiger partial charge on any atom is -0.492 e. The maximum Gasteiger partial charge on any atom is 0.237 e. The number of halogens is 2. The van der Waals surface area contributed by atoms with Crippen LogP contribution in [-0.2, 0) is 0 Å². The number of H-pyrrole nitrogens is 1. The average molecular weight is 459 g/mol. The van der Waals surface area contributed by atoms with Gasteiger partial charge in [0, 0.05) is 61.0 Å². The summed E-state index contributed by atoms with van der Waals surface area (Å²) in [5.41, 5.74) is 4.54. The Morgan fingerprint density at radius 3 is 2.52 bits per heavy atom. The van der Waals surface area contributed by atoms with Crippen LogP contribution in [0.25, 0.3) is 23.0 Å². The summed E-state index contributed by atoms with van der Waals surface area (Å²) in [5, 5.41) is 10.3. The van der Waals surface area contributed by atoms with Crippen LogP contribution in [0.5, 0.6) is 5.88 Å². The fraction of sp³-hybridized carbons (Fsp3) is 0.227. The molecule has 5 rings (SSSR count). The maximum atomic E-state index is 10.3. The Morgan fingerprint density at radius 1 is 1.03 bits per heavy atom. The number of hydrogen-bond acceptors (Lipinski definition) is 6. The number of fused-ring (bicyclic) bond motifs is 1. The van der Waals surface area contributed by atoms with Crippen molar-refractivity contribution in [2.24, 2.45) is 4.99 Å². The van der Waals surface area contributed by atoms with Crippen LogP contribution in [-0.4, -0.2) is 64.4 Å². The predicted octanol–water partition coefficient (Wildman–Crippen LogP) is 4.03. The van der Waals surface area contributed by atoms with Gasteiger partial charge in [-0.05, 0) is 49.5 Å². The molecule has 0 radical (unpaired) electrons. The van der Waals surface area contributed by atoms with Crippen molar-refractivity contribution >= 4 is 54.2 Å². The Kier molecular flexibility index (Phi) is 7.00. The number of rotatable bonds is 3. The lowest BCUT2D eigenvalue weighted by Crippen LogP contribution is -2.44. The van der Waals surface area contributed by atoms with E-state index in [-0.39, 0.29) is 30.7 Å². The van der Waals surface area contributed by atoms with Crippen LogP contribution in [0.4, 0.5) is 11.5 Å². The number of piperazine rings is 1. The first-order valence-corrected chi connectivity index (χ1v) is 9.71. The number of aromatic hydroxyl groups is 1. The summed E-state index contributed by atoms with van der Waals surface area (Å²) in [4.78, 5) is 20.8. The molecular formula is C22H24Cl2N6O. The molecule has 0 aliphatic carbocycles. The van der Waals surface area contributed by atoms with E-state index in [9.17, 15) is 5.11 Å². The zero-order valence-corrected chi connectivity index (χ0v) is 18.7. The molecule has 31 heavy (non-hydrogen) atoms. The first kappa shape index (κ1) is 22.8. The molecule has 4 heterocycles. The summed E-state index contributed by atoms with van der Waals surface area (Å²) in [7, 11) is 2.16. The number of imidazole rings is 1. The third-order valence-corrected chi connectivity index (χ3v) is 5.44. The van der Waals surface area contributed by atoms with E-state index in [1.165, 1.54) is 5.69 Å². The number of benzene rings is 1. The number of aromatic amines is 1. The molecule has 2 aliphatic heterocycles. The van der Waals surface area contributed by atoms with Gasteiger partial charge in [-0.1, -0.05) is 0 Å². The summed E-state index contributed by atoms with van der Waals surface area (Å²) < 4.78 is 0. The van der Waals surface area contributed by atoms with Gasteiger partial charge in [0.1, 0.15) is 11.5 Å². The van der Waals surface area contributed by atoms with Gasteiger partial charge in [-0.15, -0.1) is 24.8 Å². The second kappa shape index (κ2) is 9.51. The minimum atomic E-state index is -0.0265. The quantitative estimate of drug-likeness (QED) is 0.618. The van der Waals surface area contributed by atoms with Gasteiger partial charge in [0.25, 0.3) is 0 Å². The Morgan fingerprint density at radius 2 is 1.77 bits per heavy atom. The summed E-state index contributed by atoms with van der Waals surface area (Å²) in [6.07, 6.45) is 5.32. The molecule has 1 saturated heterocycles. The van der Waals surface area contributed by atoms with E-state index in [0.717, 1.165) is 42.9 Å². The molecule has 0 amide bonds. The molecule has 0 bridgehead atoms. The number of hydrogen-bond donors (Lipinski definition) is 2. The summed E-state index contributed by atoms with van der Waals surface area (Å²) in [6, 6.07) is 12.2. The minimum absolute atomic E-state index is 0. The van der Waals surface area contributed by atoms with Gasteiger partial charge in [-0.3, -0.25) is 0 Å². The Hall–Kier alpha value is -2.87. The average Bonchev–Trinajstić information content (AvgIpc) is 3.33. The van der Waals surface area contributed by atoms with Crippen LogP contribution in [0.2, 0.25) is 0 Å². The van der Waals surface area contributed by atoms with Crippen molar-refractivity contribution in [2.45, 2.75) is 0 Å². The van der Waals surface area contributed by atoms with E-state index in [2.05, 4.69) is 48.9 Å². The zero-order valence-electron chi connectivity index (χ0n) is 17.0. The van der Waals surface area contributed by atoms with Gasteiger partial charge >= 0.3 is 0 Å². The van der Waals surface area contributed by atoms with Gasteiger partial charge in [0.2, 0.25) is 5.88 Å². The number of aliphatic imine (C=N–C) groups is 1. The van der Waals surface area contributed by atoms with Crippen molar-refractivity contribution in [3.05, 3.63) is 53.9 Å².